The van der Waals surface area contributed by atoms with E-state index in [9.17, 15) is 13.6 Å². The van der Waals surface area contributed by atoms with Crippen molar-refractivity contribution in [3.05, 3.63) is 53.1 Å². The van der Waals surface area contributed by atoms with Crippen LogP contribution >= 0.6 is 11.8 Å². The van der Waals surface area contributed by atoms with Crippen molar-refractivity contribution in [1.29, 1.82) is 0 Å². The van der Waals surface area contributed by atoms with Gasteiger partial charge in [-0.05, 0) is 31.5 Å². The van der Waals surface area contributed by atoms with Crippen LogP contribution < -0.4 is 10.9 Å². The van der Waals surface area contributed by atoms with Crippen LogP contribution in [0.15, 0.2) is 29.4 Å². The van der Waals surface area contributed by atoms with E-state index in [1.807, 2.05) is 0 Å². The molecule has 0 spiro atoms. The van der Waals surface area contributed by atoms with Gasteiger partial charge in [-0.1, -0.05) is 16.2 Å². The molecule has 1 aliphatic heterocycles. The van der Waals surface area contributed by atoms with E-state index >= 15 is 4.48 Å². The molecular formula is C20H20F3N5O2S. The molecule has 11 heteroatoms. The number of hydrogen-bond acceptors (Lipinski definition) is 7. The third-order valence-electron chi connectivity index (χ3n) is 5.78. The first-order valence-electron chi connectivity index (χ1n) is 9.55. The first kappa shape index (κ1) is 21.6. The molecule has 1 saturated carbocycles. The van der Waals surface area contributed by atoms with Crippen LogP contribution in [-0.4, -0.2) is 40.0 Å². The fourth-order valence-corrected chi connectivity index (χ4v) is 5.29. The third-order valence-corrected chi connectivity index (χ3v) is 6.73. The summed E-state index contributed by atoms with van der Waals surface area (Å²) in [5.74, 6) is -2.03. The number of amides is 1. The Kier molecular flexibility index (Phi) is 5.65. The molecule has 3 atom stereocenters. The van der Waals surface area contributed by atoms with Gasteiger partial charge in [0.2, 0.25) is 5.95 Å². The highest BCUT2D eigenvalue weighted by atomic mass is 32.2. The Labute approximate surface area is 180 Å². The zero-order chi connectivity index (χ0) is 22.3. The maximum atomic E-state index is 15.0. The lowest BCUT2D eigenvalue weighted by atomic mass is 9.81. The van der Waals surface area contributed by atoms with Crippen molar-refractivity contribution in [2.24, 2.45) is 16.6 Å². The number of carbonyl (C=O) groups is 1. The highest BCUT2D eigenvalue weighted by Crippen LogP contribution is 2.52. The minimum Gasteiger partial charge on any atom is -0.381 e. The van der Waals surface area contributed by atoms with Gasteiger partial charge in [-0.25, -0.2) is 14.4 Å². The Morgan fingerprint density at radius 2 is 2.16 bits per heavy atom. The number of carbonyl (C=O) groups excluding carboxylic acids is 1. The van der Waals surface area contributed by atoms with Crippen LogP contribution in [0.2, 0.25) is 0 Å². The summed E-state index contributed by atoms with van der Waals surface area (Å²) in [5, 5.41) is 0.167. The molecule has 1 aliphatic carbocycles. The number of nitrogens with zero attached hydrogens (tertiary/aromatic N) is 4. The van der Waals surface area contributed by atoms with E-state index in [0.29, 0.717) is 23.8 Å². The van der Waals surface area contributed by atoms with Gasteiger partial charge in [0.1, 0.15) is 5.82 Å². The molecule has 4 rings (SSSR count). The van der Waals surface area contributed by atoms with E-state index in [0.717, 1.165) is 18.3 Å². The number of hydrogen-bond donors (Lipinski definition) is 1. The SMILES string of the molecule is CO[C@@H]1C[C@H]2CSC(N)=N[C@@]2(c2cc(N(F)C(=O)c3ncc(F)nc3C)ccc2F)C1. The number of benzene rings is 1. The van der Waals surface area contributed by atoms with E-state index in [1.165, 1.54) is 24.8 Å². The largest absolute Gasteiger partial charge is 0.381 e. The van der Waals surface area contributed by atoms with Gasteiger partial charge < -0.3 is 10.5 Å². The molecule has 2 aromatic rings. The maximum Gasteiger partial charge on any atom is 0.306 e. The van der Waals surface area contributed by atoms with Gasteiger partial charge in [-0.3, -0.25) is 9.79 Å². The van der Waals surface area contributed by atoms with Crippen molar-refractivity contribution in [3.8, 4) is 0 Å². The molecule has 2 aliphatic rings. The van der Waals surface area contributed by atoms with Crippen molar-refractivity contribution >= 4 is 28.5 Å². The Hall–Kier alpha value is -2.66. The van der Waals surface area contributed by atoms with Gasteiger partial charge in [0.05, 0.1) is 29.2 Å². The zero-order valence-corrected chi connectivity index (χ0v) is 17.6. The zero-order valence-electron chi connectivity index (χ0n) is 16.8. The topological polar surface area (TPSA) is 93.7 Å². The van der Waals surface area contributed by atoms with Gasteiger partial charge in [-0.2, -0.15) is 4.39 Å². The molecule has 0 bridgehead atoms. The minimum atomic E-state index is -1.14. The monoisotopic (exact) mass is 451 g/mol. The molecular weight excluding hydrogens is 431 g/mol. The number of anilines is 1. The Morgan fingerprint density at radius 3 is 2.87 bits per heavy atom. The molecule has 31 heavy (non-hydrogen) atoms. The maximum absolute atomic E-state index is 15.0. The highest BCUT2D eigenvalue weighted by molar-refractivity contribution is 8.13. The predicted molar refractivity (Wildman–Crippen MR) is 110 cm³/mol. The number of fused-ring (bicyclic) bond motifs is 1. The first-order chi connectivity index (χ1) is 14.7. The number of nitrogens with two attached hydrogens (primary N) is 1. The molecule has 1 aromatic heterocycles. The smallest absolute Gasteiger partial charge is 0.306 e. The Bertz CT molecular complexity index is 1070. The van der Waals surface area contributed by atoms with Crippen LogP contribution in [0.1, 0.15) is 34.6 Å². The standard InChI is InChI=1S/C20H20F3N5O2S/c1-10-17(25-8-16(22)26-10)18(29)28(23)12-3-4-15(21)14(6-12)20-7-13(30-2)5-11(20)9-31-19(24)27-20/h3-4,6,8,11,13H,5,7,9H2,1-2H3,(H2,24,27)/t11-,13+,20-/m0/s1. The van der Waals surface area contributed by atoms with Crippen LogP contribution in [0.25, 0.3) is 0 Å². The van der Waals surface area contributed by atoms with Crippen molar-refractivity contribution in [1.82, 2.24) is 9.97 Å². The van der Waals surface area contributed by atoms with Crippen molar-refractivity contribution in [3.63, 3.8) is 0 Å². The highest BCUT2D eigenvalue weighted by Gasteiger charge is 2.52. The quantitative estimate of drug-likeness (QED) is 0.717. The molecule has 164 valence electrons. The minimum absolute atomic E-state index is 0.0611. The van der Waals surface area contributed by atoms with Crippen LogP contribution in [-0.2, 0) is 10.3 Å². The van der Waals surface area contributed by atoms with Crippen LogP contribution in [0.5, 0.6) is 0 Å². The van der Waals surface area contributed by atoms with Crippen LogP contribution in [0, 0.1) is 24.6 Å². The lowest BCUT2D eigenvalue weighted by Crippen LogP contribution is -2.37. The number of halogens is 3. The summed E-state index contributed by atoms with van der Waals surface area (Å²) in [5.41, 5.74) is 4.50. The number of aliphatic imine (C=N–C) groups is 1. The molecule has 1 fully saturated rings. The molecule has 0 radical (unpaired) electrons. The van der Waals surface area contributed by atoms with Gasteiger partial charge >= 0.3 is 5.91 Å². The van der Waals surface area contributed by atoms with E-state index in [-0.39, 0.29) is 39.8 Å². The summed E-state index contributed by atoms with van der Waals surface area (Å²) >= 11 is 1.39. The van der Waals surface area contributed by atoms with E-state index < -0.39 is 23.2 Å². The summed E-state index contributed by atoms with van der Waals surface area (Å²) in [6.07, 6.45) is 1.63. The van der Waals surface area contributed by atoms with Crippen LogP contribution in [0.3, 0.4) is 0 Å². The summed E-state index contributed by atoms with van der Waals surface area (Å²) < 4.78 is 48.7. The molecule has 2 heterocycles. The van der Waals surface area contributed by atoms with Crippen molar-refractivity contribution in [2.45, 2.75) is 31.4 Å². The van der Waals surface area contributed by atoms with Gasteiger partial charge in [-0.15, -0.1) is 5.12 Å². The fraction of sp³-hybridized carbons (Fsp3) is 0.400. The number of thioether (sulfide) groups is 1. The van der Waals surface area contributed by atoms with Gasteiger partial charge in [0.15, 0.2) is 10.9 Å². The average Bonchev–Trinajstić information content (AvgIpc) is 3.12. The normalized spacial score (nSPS) is 25.1. The number of amidine groups is 1. The number of methoxy groups -OCH3 is 1. The molecule has 2 N–H and O–H groups in total. The molecule has 1 aromatic carbocycles. The second-order valence-electron chi connectivity index (χ2n) is 7.56. The van der Waals surface area contributed by atoms with Crippen LogP contribution in [0.4, 0.5) is 18.9 Å². The van der Waals surface area contributed by atoms with Gasteiger partial charge in [0.25, 0.3) is 0 Å². The van der Waals surface area contributed by atoms with Crippen molar-refractivity contribution in [2.75, 3.05) is 18.0 Å². The first-order valence-corrected chi connectivity index (χ1v) is 10.5. The number of aryl methyl sites for hydroxylation is 1. The summed E-state index contributed by atoms with van der Waals surface area (Å²) in [6.45, 7) is 1.34. The second-order valence-corrected chi connectivity index (χ2v) is 8.60. The number of ether oxygens (including phenoxy) is 1. The summed E-state index contributed by atoms with van der Waals surface area (Å²) in [6, 6.07) is 3.49. The molecule has 7 nitrogen and oxygen atoms in total. The Balaban J connectivity index is 1.75. The van der Waals surface area contributed by atoms with E-state index in [1.54, 1.807) is 7.11 Å². The predicted octanol–water partition coefficient (Wildman–Crippen LogP) is 3.28. The average molecular weight is 451 g/mol. The summed E-state index contributed by atoms with van der Waals surface area (Å²) in [7, 11) is 1.58. The van der Waals surface area contributed by atoms with Gasteiger partial charge in [0, 0.05) is 30.8 Å². The summed E-state index contributed by atoms with van der Waals surface area (Å²) in [4.78, 5) is 24.3. The molecule has 1 amide bonds. The third kappa shape index (κ3) is 3.76. The van der Waals surface area contributed by atoms with Crippen molar-refractivity contribution < 1.29 is 22.8 Å². The van der Waals surface area contributed by atoms with E-state index in [2.05, 4.69) is 15.0 Å². The Morgan fingerprint density at radius 1 is 1.39 bits per heavy atom. The lowest BCUT2D eigenvalue weighted by molar-refractivity contribution is 0.0924. The lowest BCUT2D eigenvalue weighted by Gasteiger charge is -2.36. The molecule has 0 saturated heterocycles. The second kappa shape index (κ2) is 8.12. The molecule has 0 unspecified atom stereocenters. The van der Waals surface area contributed by atoms with E-state index in [4.69, 9.17) is 10.5 Å². The number of rotatable bonds is 4. The number of aromatic nitrogens is 2. The fourth-order valence-electron chi connectivity index (χ4n) is 4.28.